The summed E-state index contributed by atoms with van der Waals surface area (Å²) in [5.74, 6) is 0.842. The summed E-state index contributed by atoms with van der Waals surface area (Å²) >= 11 is 0. The highest BCUT2D eigenvalue weighted by Crippen LogP contribution is 2.28. The zero-order valence-electron chi connectivity index (χ0n) is 13.9. The molecule has 4 nitrogen and oxygen atoms in total. The van der Waals surface area contributed by atoms with Crippen LogP contribution in [0.4, 0.5) is 0 Å². The molecule has 2 atom stereocenters. The van der Waals surface area contributed by atoms with E-state index in [4.69, 9.17) is 9.47 Å². The van der Waals surface area contributed by atoms with Crippen LogP contribution in [0.5, 0.6) is 0 Å². The minimum atomic E-state index is 0.442. The van der Waals surface area contributed by atoms with Gasteiger partial charge in [-0.2, -0.15) is 0 Å². The van der Waals surface area contributed by atoms with Crippen LogP contribution in [0.25, 0.3) is 0 Å². The van der Waals surface area contributed by atoms with Gasteiger partial charge in [0.05, 0.1) is 13.2 Å². The maximum absolute atomic E-state index is 5.33. The lowest BCUT2D eigenvalue weighted by molar-refractivity contribution is 0.0636. The van der Waals surface area contributed by atoms with E-state index >= 15 is 0 Å². The van der Waals surface area contributed by atoms with Gasteiger partial charge < -0.3 is 14.8 Å². The Morgan fingerprint density at radius 1 is 1.20 bits per heavy atom. The molecule has 1 aliphatic rings. The van der Waals surface area contributed by atoms with Crippen LogP contribution in [-0.4, -0.2) is 64.1 Å². The number of hydrogen-bond acceptors (Lipinski definition) is 4. The summed E-state index contributed by atoms with van der Waals surface area (Å²) in [6, 6.07) is 1.05. The first-order valence-corrected chi connectivity index (χ1v) is 8.18. The lowest BCUT2D eigenvalue weighted by Gasteiger charge is -2.34. The van der Waals surface area contributed by atoms with E-state index < -0.39 is 0 Å². The number of nitrogens with zero attached hydrogens (tertiary/aromatic N) is 1. The molecular formula is C16H34N2O2. The van der Waals surface area contributed by atoms with Crippen molar-refractivity contribution in [2.24, 2.45) is 5.92 Å². The van der Waals surface area contributed by atoms with E-state index in [1.165, 1.54) is 25.7 Å². The maximum Gasteiger partial charge on any atom is 0.0615 e. The molecule has 0 heterocycles. The van der Waals surface area contributed by atoms with Gasteiger partial charge in [-0.25, -0.2) is 0 Å². The standard InChI is InChI=1S/C16H34N2O2/c1-5-17-16(15-8-6-7-9-15)12-18(10-11-19-3)14(2)13-20-4/h14-17H,5-13H2,1-4H3. The molecule has 0 aromatic carbocycles. The fourth-order valence-electron chi connectivity index (χ4n) is 3.30. The highest BCUT2D eigenvalue weighted by atomic mass is 16.5. The first-order chi connectivity index (χ1) is 9.72. The third kappa shape index (κ3) is 6.08. The molecule has 20 heavy (non-hydrogen) atoms. The Balaban J connectivity index is 2.56. The molecule has 2 unspecified atom stereocenters. The van der Waals surface area contributed by atoms with E-state index in [1.807, 2.05) is 0 Å². The summed E-state index contributed by atoms with van der Waals surface area (Å²) in [5.41, 5.74) is 0. The van der Waals surface area contributed by atoms with E-state index in [1.54, 1.807) is 14.2 Å². The number of likely N-dealkylation sites (N-methyl/N-ethyl adjacent to an activating group) is 1. The van der Waals surface area contributed by atoms with Crippen LogP contribution in [-0.2, 0) is 9.47 Å². The monoisotopic (exact) mass is 286 g/mol. The number of ether oxygens (including phenoxy) is 2. The molecule has 1 rings (SSSR count). The molecule has 0 aromatic rings. The summed E-state index contributed by atoms with van der Waals surface area (Å²) in [7, 11) is 3.56. The molecule has 1 aliphatic carbocycles. The molecule has 0 amide bonds. The third-order valence-corrected chi connectivity index (χ3v) is 4.48. The SMILES string of the molecule is CCNC(CN(CCOC)C(C)COC)C1CCCC1. The van der Waals surface area contributed by atoms with E-state index in [0.717, 1.165) is 38.8 Å². The largest absolute Gasteiger partial charge is 0.383 e. The summed E-state index contributed by atoms with van der Waals surface area (Å²) in [6.07, 6.45) is 5.57. The molecular weight excluding hydrogens is 252 g/mol. The van der Waals surface area contributed by atoms with Gasteiger partial charge in [0.2, 0.25) is 0 Å². The van der Waals surface area contributed by atoms with Crippen molar-refractivity contribution in [2.45, 2.75) is 51.6 Å². The molecule has 0 aromatic heterocycles. The highest BCUT2D eigenvalue weighted by molar-refractivity contribution is 4.84. The Morgan fingerprint density at radius 2 is 1.90 bits per heavy atom. The van der Waals surface area contributed by atoms with Crippen molar-refractivity contribution in [3.05, 3.63) is 0 Å². The molecule has 0 spiro atoms. The van der Waals surface area contributed by atoms with Crippen LogP contribution in [0.2, 0.25) is 0 Å². The zero-order valence-corrected chi connectivity index (χ0v) is 13.9. The second kappa shape index (κ2) is 10.6. The highest BCUT2D eigenvalue weighted by Gasteiger charge is 2.27. The van der Waals surface area contributed by atoms with Gasteiger partial charge in [0.1, 0.15) is 0 Å². The smallest absolute Gasteiger partial charge is 0.0615 e. The zero-order chi connectivity index (χ0) is 14.8. The van der Waals surface area contributed by atoms with Crippen LogP contribution >= 0.6 is 0 Å². The normalized spacial score (nSPS) is 19.6. The first-order valence-electron chi connectivity index (χ1n) is 8.18. The van der Waals surface area contributed by atoms with Gasteiger partial charge in [-0.15, -0.1) is 0 Å². The van der Waals surface area contributed by atoms with E-state index in [-0.39, 0.29) is 0 Å². The molecule has 0 saturated heterocycles. The first kappa shape index (κ1) is 17.9. The third-order valence-electron chi connectivity index (χ3n) is 4.48. The average Bonchev–Trinajstić information content (AvgIpc) is 2.96. The molecule has 1 saturated carbocycles. The lowest BCUT2D eigenvalue weighted by Crippen LogP contribution is -2.49. The molecule has 4 heteroatoms. The van der Waals surface area contributed by atoms with Crippen molar-refractivity contribution in [1.29, 1.82) is 0 Å². The van der Waals surface area contributed by atoms with Gasteiger partial charge in [0.15, 0.2) is 0 Å². The number of nitrogens with one attached hydrogen (secondary N) is 1. The predicted octanol–water partition coefficient (Wildman–Crippen LogP) is 2.14. The van der Waals surface area contributed by atoms with Gasteiger partial charge in [-0.05, 0) is 32.2 Å². The summed E-state index contributed by atoms with van der Waals surface area (Å²) in [5, 5.41) is 3.71. The molecule has 1 N–H and O–H groups in total. The van der Waals surface area contributed by atoms with E-state index in [9.17, 15) is 0 Å². The van der Waals surface area contributed by atoms with Crippen molar-refractivity contribution < 1.29 is 9.47 Å². The van der Waals surface area contributed by atoms with Crippen molar-refractivity contribution in [1.82, 2.24) is 10.2 Å². The number of rotatable bonds is 11. The minimum absolute atomic E-state index is 0.442. The van der Waals surface area contributed by atoms with Crippen molar-refractivity contribution in [3.8, 4) is 0 Å². The fraction of sp³-hybridized carbons (Fsp3) is 1.00. The number of methoxy groups -OCH3 is 2. The van der Waals surface area contributed by atoms with Gasteiger partial charge in [0, 0.05) is 39.4 Å². The Hall–Kier alpha value is -0.160. The molecule has 1 fully saturated rings. The van der Waals surface area contributed by atoms with Crippen molar-refractivity contribution >= 4 is 0 Å². The molecule has 0 bridgehead atoms. The Labute approximate surface area is 125 Å². The summed E-state index contributed by atoms with van der Waals surface area (Å²) in [4.78, 5) is 2.51. The van der Waals surface area contributed by atoms with Crippen molar-refractivity contribution in [2.75, 3.05) is 47.1 Å². The van der Waals surface area contributed by atoms with Crippen molar-refractivity contribution in [3.63, 3.8) is 0 Å². The van der Waals surface area contributed by atoms with Gasteiger partial charge >= 0.3 is 0 Å². The van der Waals surface area contributed by atoms with Crippen LogP contribution in [0.3, 0.4) is 0 Å². The number of hydrogen-bond donors (Lipinski definition) is 1. The van der Waals surface area contributed by atoms with Gasteiger partial charge in [-0.3, -0.25) is 4.90 Å². The van der Waals surface area contributed by atoms with Crippen LogP contribution in [0, 0.1) is 5.92 Å². The van der Waals surface area contributed by atoms with Gasteiger partial charge in [-0.1, -0.05) is 19.8 Å². The maximum atomic E-state index is 5.33. The Morgan fingerprint density at radius 3 is 2.45 bits per heavy atom. The Bertz CT molecular complexity index is 233. The quantitative estimate of drug-likeness (QED) is 0.631. The lowest BCUT2D eigenvalue weighted by atomic mass is 9.97. The topological polar surface area (TPSA) is 33.7 Å². The molecule has 0 radical (unpaired) electrons. The summed E-state index contributed by atoms with van der Waals surface area (Å²) < 4.78 is 10.6. The van der Waals surface area contributed by atoms with Gasteiger partial charge in [0.25, 0.3) is 0 Å². The van der Waals surface area contributed by atoms with E-state index in [2.05, 4.69) is 24.1 Å². The second-order valence-corrected chi connectivity index (χ2v) is 6.00. The van der Waals surface area contributed by atoms with E-state index in [0.29, 0.717) is 12.1 Å². The van der Waals surface area contributed by atoms with Crippen LogP contribution < -0.4 is 5.32 Å². The van der Waals surface area contributed by atoms with Crippen LogP contribution in [0.1, 0.15) is 39.5 Å². The Kier molecular flexibility index (Phi) is 9.44. The predicted molar refractivity (Wildman–Crippen MR) is 84.2 cm³/mol. The molecule has 120 valence electrons. The second-order valence-electron chi connectivity index (χ2n) is 6.00. The fourth-order valence-corrected chi connectivity index (χ4v) is 3.30. The average molecular weight is 286 g/mol. The minimum Gasteiger partial charge on any atom is -0.383 e. The molecule has 0 aliphatic heterocycles. The summed E-state index contributed by atoms with van der Waals surface area (Å²) in [6.45, 7) is 9.17. The van der Waals surface area contributed by atoms with Crippen LogP contribution in [0.15, 0.2) is 0 Å².